The lowest BCUT2D eigenvalue weighted by atomic mass is 10.1. The van der Waals surface area contributed by atoms with Gasteiger partial charge in [0.1, 0.15) is 12.4 Å². The fourth-order valence-electron chi connectivity index (χ4n) is 2.60. The lowest BCUT2D eigenvalue weighted by molar-refractivity contribution is -0.143. The largest absolute Gasteiger partial charge is 0.465 e. The molecule has 4 nitrogen and oxygen atoms in total. The van der Waals surface area contributed by atoms with E-state index < -0.39 is 17.7 Å². The summed E-state index contributed by atoms with van der Waals surface area (Å²) in [5.74, 6) is -0.0122. The van der Waals surface area contributed by atoms with Crippen LogP contribution in [0.5, 0.6) is 0 Å². The minimum Gasteiger partial charge on any atom is -0.465 e. The summed E-state index contributed by atoms with van der Waals surface area (Å²) >= 11 is 0. The average Bonchev–Trinajstić information content (AvgIpc) is 2.93. The second-order valence-electron chi connectivity index (χ2n) is 5.39. The predicted octanol–water partition coefficient (Wildman–Crippen LogP) is 4.29. The predicted molar refractivity (Wildman–Crippen MR) is 86.8 cm³/mol. The molecule has 130 valence electrons. The first-order chi connectivity index (χ1) is 11.9. The quantitative estimate of drug-likeness (QED) is 0.661. The molecule has 7 heteroatoms. The first kappa shape index (κ1) is 17.0. The molecule has 1 heterocycles. The van der Waals surface area contributed by atoms with Gasteiger partial charge < -0.3 is 9.30 Å². The monoisotopic (exact) mass is 348 g/mol. The van der Waals surface area contributed by atoms with Crippen LogP contribution in [0, 0.1) is 0 Å². The van der Waals surface area contributed by atoms with Crippen LogP contribution in [0.3, 0.4) is 0 Å². The number of hydrogen-bond donors (Lipinski definition) is 0. The third-order valence-electron chi connectivity index (χ3n) is 3.72. The maximum absolute atomic E-state index is 12.7. The Morgan fingerprint density at radius 1 is 1.12 bits per heavy atom. The Kier molecular flexibility index (Phi) is 4.48. The number of ether oxygens (including phenoxy) is 1. The van der Waals surface area contributed by atoms with Crippen molar-refractivity contribution in [1.29, 1.82) is 0 Å². The molecule has 25 heavy (non-hydrogen) atoms. The Morgan fingerprint density at radius 3 is 2.44 bits per heavy atom. The van der Waals surface area contributed by atoms with Gasteiger partial charge in [-0.1, -0.05) is 24.3 Å². The molecule has 0 bridgehead atoms. The standard InChI is InChI=1S/C18H15F3N2O2/c1-2-25-16(24)11-23-15-6-4-3-5-14(15)22-17(23)12-7-9-13(10-8-12)18(19,20)21/h3-10H,2,11H2,1H3. The van der Waals surface area contributed by atoms with Gasteiger partial charge in [-0.15, -0.1) is 0 Å². The van der Waals surface area contributed by atoms with E-state index in [9.17, 15) is 18.0 Å². The summed E-state index contributed by atoms with van der Waals surface area (Å²) in [6.07, 6.45) is -4.40. The highest BCUT2D eigenvalue weighted by Gasteiger charge is 2.30. The van der Waals surface area contributed by atoms with Crippen LogP contribution in [0.2, 0.25) is 0 Å². The van der Waals surface area contributed by atoms with Crippen LogP contribution in [0.15, 0.2) is 48.5 Å². The molecule has 0 saturated heterocycles. The van der Waals surface area contributed by atoms with E-state index in [0.29, 0.717) is 22.4 Å². The molecule has 3 aromatic rings. The van der Waals surface area contributed by atoms with Crippen LogP contribution in [0.4, 0.5) is 13.2 Å². The highest BCUT2D eigenvalue weighted by atomic mass is 19.4. The SMILES string of the molecule is CCOC(=O)Cn1c(-c2ccc(C(F)(F)F)cc2)nc2ccccc21. The molecule has 0 saturated carbocycles. The normalized spacial score (nSPS) is 11.7. The Hall–Kier alpha value is -2.83. The van der Waals surface area contributed by atoms with Gasteiger partial charge in [-0.25, -0.2) is 4.98 Å². The zero-order valence-electron chi connectivity index (χ0n) is 13.4. The smallest absolute Gasteiger partial charge is 0.416 e. The molecule has 0 aliphatic rings. The number of halogens is 3. The number of esters is 1. The molecule has 0 unspecified atom stereocenters. The molecule has 2 aromatic carbocycles. The molecule has 0 fully saturated rings. The molecular weight excluding hydrogens is 333 g/mol. The van der Waals surface area contributed by atoms with Gasteiger partial charge in [0, 0.05) is 5.56 Å². The molecule has 0 aliphatic heterocycles. The number of carbonyl (C=O) groups excluding carboxylic acids is 1. The maximum atomic E-state index is 12.7. The first-order valence-electron chi connectivity index (χ1n) is 7.68. The Bertz CT molecular complexity index is 899. The Morgan fingerprint density at radius 2 is 1.80 bits per heavy atom. The summed E-state index contributed by atoms with van der Waals surface area (Å²) in [7, 11) is 0. The molecule has 0 amide bonds. The Labute approximate surface area is 141 Å². The van der Waals surface area contributed by atoms with Gasteiger partial charge in [-0.3, -0.25) is 4.79 Å². The van der Waals surface area contributed by atoms with Gasteiger partial charge in [-0.2, -0.15) is 13.2 Å². The summed E-state index contributed by atoms with van der Waals surface area (Å²) in [5, 5.41) is 0. The van der Waals surface area contributed by atoms with Gasteiger partial charge in [-0.05, 0) is 31.2 Å². The van der Waals surface area contributed by atoms with Crippen molar-refractivity contribution >= 4 is 17.0 Å². The second-order valence-corrected chi connectivity index (χ2v) is 5.39. The summed E-state index contributed by atoms with van der Waals surface area (Å²) in [5.41, 5.74) is 1.13. The minimum absolute atomic E-state index is 0.0648. The van der Waals surface area contributed by atoms with Gasteiger partial charge >= 0.3 is 12.1 Å². The van der Waals surface area contributed by atoms with Crippen LogP contribution in [-0.4, -0.2) is 22.1 Å². The molecule has 0 aliphatic carbocycles. The van der Waals surface area contributed by atoms with Crippen molar-refractivity contribution in [1.82, 2.24) is 9.55 Å². The topological polar surface area (TPSA) is 44.1 Å². The summed E-state index contributed by atoms with van der Waals surface area (Å²) < 4.78 is 44.9. The number of para-hydroxylation sites is 2. The molecular formula is C18H15F3N2O2. The van der Waals surface area contributed by atoms with Crippen molar-refractivity contribution in [3.63, 3.8) is 0 Å². The summed E-state index contributed by atoms with van der Waals surface area (Å²) in [4.78, 5) is 16.4. The fourth-order valence-corrected chi connectivity index (χ4v) is 2.60. The highest BCUT2D eigenvalue weighted by molar-refractivity contribution is 5.83. The van der Waals surface area contributed by atoms with E-state index in [1.807, 2.05) is 6.07 Å². The Balaban J connectivity index is 2.07. The van der Waals surface area contributed by atoms with Crippen molar-refractivity contribution in [3.05, 3.63) is 54.1 Å². The number of imidazole rings is 1. The number of aromatic nitrogens is 2. The van der Waals surface area contributed by atoms with Crippen molar-refractivity contribution in [2.45, 2.75) is 19.6 Å². The van der Waals surface area contributed by atoms with Crippen LogP contribution in [0.1, 0.15) is 12.5 Å². The van der Waals surface area contributed by atoms with E-state index in [1.54, 1.807) is 29.7 Å². The maximum Gasteiger partial charge on any atom is 0.416 e. The molecule has 3 rings (SSSR count). The van der Waals surface area contributed by atoms with Gasteiger partial charge in [0.15, 0.2) is 0 Å². The number of hydrogen-bond acceptors (Lipinski definition) is 3. The lowest BCUT2D eigenvalue weighted by Gasteiger charge is -2.10. The molecule has 0 spiro atoms. The van der Waals surface area contributed by atoms with Crippen LogP contribution < -0.4 is 0 Å². The molecule has 1 aromatic heterocycles. The van der Waals surface area contributed by atoms with E-state index >= 15 is 0 Å². The van der Waals surface area contributed by atoms with E-state index in [1.165, 1.54) is 12.1 Å². The highest BCUT2D eigenvalue weighted by Crippen LogP contribution is 2.31. The van der Waals surface area contributed by atoms with E-state index in [-0.39, 0.29) is 13.2 Å². The van der Waals surface area contributed by atoms with Crippen LogP contribution in [0.25, 0.3) is 22.4 Å². The minimum atomic E-state index is -4.40. The first-order valence-corrected chi connectivity index (χ1v) is 7.68. The summed E-state index contributed by atoms with van der Waals surface area (Å²) in [6, 6.07) is 11.9. The number of fused-ring (bicyclic) bond motifs is 1. The second kappa shape index (κ2) is 6.58. The van der Waals surface area contributed by atoms with Crippen LogP contribution >= 0.6 is 0 Å². The molecule has 0 radical (unpaired) electrons. The molecule has 0 atom stereocenters. The third-order valence-corrected chi connectivity index (χ3v) is 3.72. The van der Waals surface area contributed by atoms with Crippen molar-refractivity contribution in [2.75, 3.05) is 6.61 Å². The van der Waals surface area contributed by atoms with Crippen LogP contribution in [-0.2, 0) is 22.3 Å². The lowest BCUT2D eigenvalue weighted by Crippen LogP contribution is -2.14. The van der Waals surface area contributed by atoms with Crippen molar-refractivity contribution in [3.8, 4) is 11.4 Å². The third kappa shape index (κ3) is 3.50. The van der Waals surface area contributed by atoms with Gasteiger partial charge in [0.25, 0.3) is 0 Å². The van der Waals surface area contributed by atoms with Crippen molar-refractivity contribution in [2.24, 2.45) is 0 Å². The number of alkyl halides is 3. The average molecular weight is 348 g/mol. The van der Waals surface area contributed by atoms with Gasteiger partial charge in [0.2, 0.25) is 0 Å². The van der Waals surface area contributed by atoms with E-state index in [2.05, 4.69) is 4.98 Å². The van der Waals surface area contributed by atoms with E-state index in [0.717, 1.165) is 12.1 Å². The van der Waals surface area contributed by atoms with E-state index in [4.69, 9.17) is 4.74 Å². The van der Waals surface area contributed by atoms with Crippen molar-refractivity contribution < 1.29 is 22.7 Å². The number of carbonyl (C=O) groups is 1. The number of benzene rings is 2. The summed E-state index contributed by atoms with van der Waals surface area (Å²) in [6.45, 7) is 1.90. The zero-order valence-corrected chi connectivity index (χ0v) is 13.4. The molecule has 0 N–H and O–H groups in total. The number of nitrogens with zero attached hydrogens (tertiary/aromatic N) is 2. The zero-order chi connectivity index (χ0) is 18.0. The number of rotatable bonds is 4. The fraction of sp³-hybridized carbons (Fsp3) is 0.222. The van der Waals surface area contributed by atoms with Gasteiger partial charge in [0.05, 0.1) is 23.2 Å².